The van der Waals surface area contributed by atoms with Gasteiger partial charge in [-0.25, -0.2) is 4.79 Å². The van der Waals surface area contributed by atoms with Crippen LogP contribution < -0.4 is 4.74 Å². The third kappa shape index (κ3) is 2.33. The van der Waals surface area contributed by atoms with Gasteiger partial charge in [0.2, 0.25) is 0 Å². The van der Waals surface area contributed by atoms with Crippen LogP contribution in [-0.4, -0.2) is 30.9 Å². The van der Waals surface area contributed by atoms with E-state index in [4.69, 9.17) is 14.6 Å². The van der Waals surface area contributed by atoms with E-state index >= 15 is 0 Å². The molecule has 0 aromatic heterocycles. The predicted octanol–water partition coefficient (Wildman–Crippen LogP) is 1.16. The highest BCUT2D eigenvalue weighted by molar-refractivity contribution is 5.89. The number of ether oxygens (including phenoxy) is 2. The Labute approximate surface area is 93.8 Å². The number of aliphatic hydroxyl groups is 1. The lowest BCUT2D eigenvalue weighted by molar-refractivity contribution is 0.0433. The van der Waals surface area contributed by atoms with E-state index in [2.05, 4.69) is 0 Å². The minimum Gasteiger partial charge on any atom is -0.493 e. The Hall–Kier alpha value is -1.55. The largest absolute Gasteiger partial charge is 0.493 e. The first-order valence-electron chi connectivity index (χ1n) is 5.35. The fourth-order valence-corrected chi connectivity index (χ4v) is 1.71. The molecule has 2 rings (SSSR count). The van der Waals surface area contributed by atoms with Crippen LogP contribution in [-0.2, 0) is 11.2 Å². The van der Waals surface area contributed by atoms with E-state index in [1.165, 1.54) is 0 Å². The van der Waals surface area contributed by atoms with Crippen LogP contribution in [0.5, 0.6) is 5.75 Å². The molecular formula is C12H14O4. The molecule has 4 heteroatoms. The van der Waals surface area contributed by atoms with Crippen LogP contribution in [0.4, 0.5) is 0 Å². The Kier molecular flexibility index (Phi) is 3.41. The fraction of sp³-hybridized carbons (Fsp3) is 0.417. The molecule has 86 valence electrons. The third-order valence-corrected chi connectivity index (χ3v) is 2.47. The summed E-state index contributed by atoms with van der Waals surface area (Å²) in [6.45, 7) is 0.619. The molecule has 1 aromatic rings. The number of aliphatic hydroxyl groups excluding tert-OH is 1. The van der Waals surface area contributed by atoms with Gasteiger partial charge in [0.25, 0.3) is 0 Å². The number of rotatable bonds is 3. The Morgan fingerprint density at radius 3 is 3.19 bits per heavy atom. The van der Waals surface area contributed by atoms with Crippen molar-refractivity contribution in [2.45, 2.75) is 12.8 Å². The van der Waals surface area contributed by atoms with Crippen LogP contribution in [0.25, 0.3) is 0 Å². The van der Waals surface area contributed by atoms with Crippen molar-refractivity contribution in [2.75, 3.05) is 19.8 Å². The van der Waals surface area contributed by atoms with E-state index < -0.39 is 5.97 Å². The quantitative estimate of drug-likeness (QED) is 0.780. The van der Waals surface area contributed by atoms with Gasteiger partial charge >= 0.3 is 5.97 Å². The first-order chi connectivity index (χ1) is 7.81. The van der Waals surface area contributed by atoms with E-state index in [0.29, 0.717) is 5.56 Å². The summed E-state index contributed by atoms with van der Waals surface area (Å²) in [6.07, 6.45) is 1.90. The SMILES string of the molecule is O=C(OCCO)c1ccc2c(c1)CCCO2. The summed E-state index contributed by atoms with van der Waals surface area (Å²) < 4.78 is 10.3. The number of fused-ring (bicyclic) bond motifs is 1. The van der Waals surface area contributed by atoms with Crippen LogP contribution in [0.3, 0.4) is 0 Å². The third-order valence-electron chi connectivity index (χ3n) is 2.47. The van der Waals surface area contributed by atoms with Gasteiger partial charge in [0.15, 0.2) is 0 Å². The second-order valence-corrected chi connectivity index (χ2v) is 3.63. The average molecular weight is 222 g/mol. The Morgan fingerprint density at radius 1 is 1.50 bits per heavy atom. The molecule has 1 aromatic carbocycles. The Morgan fingerprint density at radius 2 is 2.38 bits per heavy atom. The predicted molar refractivity (Wildman–Crippen MR) is 57.6 cm³/mol. The molecular weight excluding hydrogens is 208 g/mol. The molecule has 0 bridgehead atoms. The summed E-state index contributed by atoms with van der Waals surface area (Å²) in [5.74, 6) is 0.451. The van der Waals surface area contributed by atoms with Crippen LogP contribution in [0.15, 0.2) is 18.2 Å². The Bertz CT molecular complexity index is 387. The minimum absolute atomic E-state index is 0.0341. The molecule has 0 radical (unpaired) electrons. The molecule has 0 spiro atoms. The lowest BCUT2D eigenvalue weighted by atomic mass is 10.0. The van der Waals surface area contributed by atoms with Crippen LogP contribution in [0.1, 0.15) is 22.3 Å². The summed E-state index contributed by atoms with van der Waals surface area (Å²) in [7, 11) is 0. The molecule has 4 nitrogen and oxygen atoms in total. The Balaban J connectivity index is 2.13. The van der Waals surface area contributed by atoms with Crippen molar-refractivity contribution in [1.29, 1.82) is 0 Å². The summed E-state index contributed by atoms with van der Waals surface area (Å²) in [4.78, 5) is 11.5. The van der Waals surface area contributed by atoms with Gasteiger partial charge in [-0.2, -0.15) is 0 Å². The van der Waals surface area contributed by atoms with Gasteiger partial charge in [0, 0.05) is 0 Å². The molecule has 16 heavy (non-hydrogen) atoms. The van der Waals surface area contributed by atoms with Crippen molar-refractivity contribution in [2.24, 2.45) is 0 Å². The lowest BCUT2D eigenvalue weighted by Crippen LogP contribution is -2.12. The van der Waals surface area contributed by atoms with Crippen molar-refractivity contribution in [3.8, 4) is 5.75 Å². The summed E-state index contributed by atoms with van der Waals surface area (Å²) in [5, 5.41) is 8.56. The number of hydrogen-bond acceptors (Lipinski definition) is 4. The molecule has 1 N–H and O–H groups in total. The maximum atomic E-state index is 11.5. The van der Waals surface area contributed by atoms with Gasteiger partial charge in [-0.1, -0.05) is 0 Å². The molecule has 1 heterocycles. The normalized spacial score (nSPS) is 13.8. The number of esters is 1. The summed E-state index contributed by atoms with van der Waals surface area (Å²) in [6, 6.07) is 5.28. The molecule has 0 saturated carbocycles. The molecule has 0 aliphatic carbocycles. The van der Waals surface area contributed by atoms with Crippen molar-refractivity contribution in [3.05, 3.63) is 29.3 Å². The molecule has 0 atom stereocenters. The van der Waals surface area contributed by atoms with Crippen molar-refractivity contribution in [1.82, 2.24) is 0 Å². The minimum atomic E-state index is -0.401. The fourth-order valence-electron chi connectivity index (χ4n) is 1.71. The van der Waals surface area contributed by atoms with Crippen LogP contribution >= 0.6 is 0 Å². The monoisotopic (exact) mass is 222 g/mol. The molecule has 0 amide bonds. The van der Waals surface area contributed by atoms with Gasteiger partial charge in [0.05, 0.1) is 18.8 Å². The molecule has 1 aliphatic rings. The van der Waals surface area contributed by atoms with E-state index in [1.54, 1.807) is 18.2 Å². The molecule has 0 saturated heterocycles. The lowest BCUT2D eigenvalue weighted by Gasteiger charge is -2.17. The topological polar surface area (TPSA) is 55.8 Å². The van der Waals surface area contributed by atoms with E-state index in [9.17, 15) is 4.79 Å². The van der Waals surface area contributed by atoms with Crippen LogP contribution in [0.2, 0.25) is 0 Å². The smallest absolute Gasteiger partial charge is 0.338 e. The van der Waals surface area contributed by atoms with Gasteiger partial charge < -0.3 is 14.6 Å². The standard InChI is InChI=1S/C12H14O4/c13-5-7-16-12(14)10-3-4-11-9(8-10)2-1-6-15-11/h3-4,8,13H,1-2,5-7H2. The number of carbonyl (C=O) groups excluding carboxylic acids is 1. The molecule has 0 unspecified atom stereocenters. The molecule has 0 fully saturated rings. The van der Waals surface area contributed by atoms with E-state index in [0.717, 1.165) is 30.8 Å². The van der Waals surface area contributed by atoms with Crippen molar-refractivity contribution >= 4 is 5.97 Å². The zero-order chi connectivity index (χ0) is 11.4. The highest BCUT2D eigenvalue weighted by Gasteiger charge is 2.14. The van der Waals surface area contributed by atoms with Gasteiger partial charge in [-0.3, -0.25) is 0 Å². The van der Waals surface area contributed by atoms with Crippen LogP contribution in [0, 0.1) is 0 Å². The highest BCUT2D eigenvalue weighted by Crippen LogP contribution is 2.25. The number of aryl methyl sites for hydroxylation is 1. The van der Waals surface area contributed by atoms with Gasteiger partial charge in [-0.15, -0.1) is 0 Å². The highest BCUT2D eigenvalue weighted by atomic mass is 16.5. The zero-order valence-corrected chi connectivity index (χ0v) is 8.94. The second-order valence-electron chi connectivity index (χ2n) is 3.63. The van der Waals surface area contributed by atoms with Crippen molar-refractivity contribution < 1.29 is 19.4 Å². The number of hydrogen-bond donors (Lipinski definition) is 1. The first kappa shape index (κ1) is 11.0. The number of benzene rings is 1. The maximum Gasteiger partial charge on any atom is 0.338 e. The van der Waals surface area contributed by atoms with Gasteiger partial charge in [-0.05, 0) is 36.6 Å². The van der Waals surface area contributed by atoms with E-state index in [1.807, 2.05) is 0 Å². The summed E-state index contributed by atoms with van der Waals surface area (Å²) in [5.41, 5.74) is 1.56. The molecule has 1 aliphatic heterocycles. The second kappa shape index (κ2) is 4.99. The van der Waals surface area contributed by atoms with E-state index in [-0.39, 0.29) is 13.2 Å². The zero-order valence-electron chi connectivity index (χ0n) is 8.94. The average Bonchev–Trinajstić information content (AvgIpc) is 2.35. The summed E-state index contributed by atoms with van der Waals surface area (Å²) >= 11 is 0. The maximum absolute atomic E-state index is 11.5. The van der Waals surface area contributed by atoms with Crippen molar-refractivity contribution in [3.63, 3.8) is 0 Å². The van der Waals surface area contributed by atoms with Gasteiger partial charge in [0.1, 0.15) is 12.4 Å². The first-order valence-corrected chi connectivity index (χ1v) is 5.35. The number of carbonyl (C=O) groups is 1.